The van der Waals surface area contributed by atoms with Crippen molar-refractivity contribution in [3.63, 3.8) is 0 Å². The van der Waals surface area contributed by atoms with Crippen LogP contribution in [0.3, 0.4) is 0 Å². The van der Waals surface area contributed by atoms with Gasteiger partial charge in [0.25, 0.3) is 0 Å². The Kier molecular flexibility index (Phi) is 5.75. The number of anilines is 1. The number of carbonyl (C=O) groups is 3. The predicted molar refractivity (Wildman–Crippen MR) is 114 cm³/mol. The van der Waals surface area contributed by atoms with Crippen LogP contribution < -0.4 is 15.4 Å². The summed E-state index contributed by atoms with van der Waals surface area (Å²) in [6, 6.07) is 10.4. The summed E-state index contributed by atoms with van der Waals surface area (Å²) in [5.41, 5.74) is 1.78. The first-order chi connectivity index (χ1) is 14.9. The minimum absolute atomic E-state index is 0.0900. The lowest BCUT2D eigenvalue weighted by molar-refractivity contribution is -0.136. The number of esters is 1. The lowest BCUT2D eigenvalue weighted by Crippen LogP contribution is -2.49. The number of carbonyl (C=O) groups excluding carboxylic acids is 3. The van der Waals surface area contributed by atoms with Crippen LogP contribution in [0.4, 0.5) is 10.5 Å². The monoisotopic (exact) mass is 461 g/mol. The Morgan fingerprint density at radius 3 is 2.65 bits per heavy atom. The van der Waals surface area contributed by atoms with E-state index in [-0.39, 0.29) is 13.2 Å². The van der Waals surface area contributed by atoms with Crippen LogP contribution in [-0.2, 0) is 14.3 Å². The van der Waals surface area contributed by atoms with Crippen molar-refractivity contribution in [2.75, 3.05) is 25.6 Å². The molecule has 0 aromatic heterocycles. The van der Waals surface area contributed by atoms with Crippen LogP contribution in [0.1, 0.15) is 11.6 Å². The van der Waals surface area contributed by atoms with Crippen molar-refractivity contribution in [1.29, 1.82) is 0 Å². The molecule has 31 heavy (non-hydrogen) atoms. The molecule has 2 N–H and O–H groups in total. The standard InChI is InChI=1S/C21H17Cl2N3O5/c1-30-16-7-6-13(8-14(16)23)24-17(27)9-26-15-10-31-20(28)18(15)19(25-21(26)29)11-2-4-12(22)5-3-11/h2-8,19H,9-10H2,1H3,(H,24,27)(H,25,29)/t19-/m0/s1. The molecule has 2 aliphatic rings. The van der Waals surface area contributed by atoms with Gasteiger partial charge in [0.15, 0.2) is 0 Å². The Balaban J connectivity index is 1.56. The summed E-state index contributed by atoms with van der Waals surface area (Å²) in [5, 5.41) is 6.31. The number of amides is 3. The number of hydrogen-bond acceptors (Lipinski definition) is 5. The fourth-order valence-electron chi connectivity index (χ4n) is 3.47. The molecule has 10 heteroatoms. The number of rotatable bonds is 5. The molecule has 1 atom stereocenters. The zero-order valence-corrected chi connectivity index (χ0v) is 17.8. The number of benzene rings is 2. The molecule has 0 fully saturated rings. The molecule has 0 saturated heterocycles. The van der Waals surface area contributed by atoms with E-state index in [1.807, 2.05) is 0 Å². The zero-order valence-electron chi connectivity index (χ0n) is 16.3. The molecular weight excluding hydrogens is 445 g/mol. The van der Waals surface area contributed by atoms with Crippen LogP contribution >= 0.6 is 23.2 Å². The lowest BCUT2D eigenvalue weighted by atomic mass is 9.96. The maximum atomic E-state index is 12.8. The van der Waals surface area contributed by atoms with Gasteiger partial charge in [0, 0.05) is 10.7 Å². The van der Waals surface area contributed by atoms with Gasteiger partial charge in [0.1, 0.15) is 18.9 Å². The third kappa shape index (κ3) is 4.17. The summed E-state index contributed by atoms with van der Waals surface area (Å²) < 4.78 is 10.2. The first kappa shape index (κ1) is 21.0. The number of halogens is 2. The molecule has 0 bridgehead atoms. The van der Waals surface area contributed by atoms with E-state index in [1.54, 1.807) is 36.4 Å². The topological polar surface area (TPSA) is 97.0 Å². The lowest BCUT2D eigenvalue weighted by Gasteiger charge is -2.32. The molecule has 2 aromatic rings. The SMILES string of the molecule is COc1ccc(NC(=O)CN2C(=O)N[C@@H](c3ccc(Cl)cc3)C3=C2COC3=O)cc1Cl. The molecular formula is C21H17Cl2N3O5. The van der Waals surface area contributed by atoms with Gasteiger partial charge >= 0.3 is 12.0 Å². The molecule has 0 spiro atoms. The molecule has 0 radical (unpaired) electrons. The van der Waals surface area contributed by atoms with Crippen LogP contribution in [0.2, 0.25) is 10.0 Å². The van der Waals surface area contributed by atoms with Gasteiger partial charge < -0.3 is 20.1 Å². The summed E-state index contributed by atoms with van der Waals surface area (Å²) in [6.45, 7) is -0.397. The van der Waals surface area contributed by atoms with Crippen molar-refractivity contribution in [3.05, 3.63) is 69.3 Å². The highest BCUT2D eigenvalue weighted by Gasteiger charge is 2.42. The molecule has 8 nitrogen and oxygen atoms in total. The fraction of sp³-hybridized carbons (Fsp3) is 0.190. The third-order valence-electron chi connectivity index (χ3n) is 4.94. The van der Waals surface area contributed by atoms with E-state index in [4.69, 9.17) is 32.7 Å². The average Bonchev–Trinajstić information content (AvgIpc) is 3.12. The second kappa shape index (κ2) is 8.49. The van der Waals surface area contributed by atoms with E-state index in [1.165, 1.54) is 18.1 Å². The van der Waals surface area contributed by atoms with E-state index in [0.29, 0.717) is 38.3 Å². The normalized spacial score (nSPS) is 17.8. The van der Waals surface area contributed by atoms with Gasteiger partial charge in [0.05, 0.1) is 29.4 Å². The molecule has 0 aliphatic carbocycles. The van der Waals surface area contributed by atoms with Crippen LogP contribution in [0.15, 0.2) is 53.7 Å². The highest BCUT2D eigenvalue weighted by Crippen LogP contribution is 2.35. The Hall–Kier alpha value is -3.23. The van der Waals surface area contributed by atoms with Gasteiger partial charge in [-0.05, 0) is 35.9 Å². The molecule has 2 aromatic carbocycles. The number of nitrogens with one attached hydrogen (secondary N) is 2. The Labute approximate surface area is 187 Å². The largest absolute Gasteiger partial charge is 0.495 e. The molecule has 3 amide bonds. The number of urea groups is 1. The number of cyclic esters (lactones) is 1. The average molecular weight is 462 g/mol. The molecule has 0 unspecified atom stereocenters. The maximum Gasteiger partial charge on any atom is 0.338 e. The van der Waals surface area contributed by atoms with Gasteiger partial charge in [-0.25, -0.2) is 9.59 Å². The van der Waals surface area contributed by atoms with E-state index in [2.05, 4.69) is 10.6 Å². The zero-order chi connectivity index (χ0) is 22.1. The number of methoxy groups -OCH3 is 1. The van der Waals surface area contributed by atoms with Crippen LogP contribution in [0.5, 0.6) is 5.75 Å². The molecule has 160 valence electrons. The summed E-state index contributed by atoms with van der Waals surface area (Å²) in [7, 11) is 1.49. The van der Waals surface area contributed by atoms with Crippen molar-refractivity contribution in [2.24, 2.45) is 0 Å². The molecule has 0 saturated carbocycles. The highest BCUT2D eigenvalue weighted by molar-refractivity contribution is 6.32. The van der Waals surface area contributed by atoms with Crippen molar-refractivity contribution in [1.82, 2.24) is 10.2 Å². The Bertz CT molecular complexity index is 1100. The quantitative estimate of drug-likeness (QED) is 0.663. The minimum Gasteiger partial charge on any atom is -0.495 e. The van der Waals surface area contributed by atoms with E-state index < -0.39 is 23.9 Å². The number of ether oxygens (including phenoxy) is 2. The number of nitrogens with zero attached hydrogens (tertiary/aromatic N) is 1. The molecule has 2 aliphatic heterocycles. The van der Waals surface area contributed by atoms with Crippen molar-refractivity contribution in [2.45, 2.75) is 6.04 Å². The smallest absolute Gasteiger partial charge is 0.338 e. The third-order valence-corrected chi connectivity index (χ3v) is 5.49. The van der Waals surface area contributed by atoms with Gasteiger partial charge in [-0.2, -0.15) is 0 Å². The molecule has 4 rings (SSSR count). The van der Waals surface area contributed by atoms with Crippen LogP contribution in [0.25, 0.3) is 0 Å². The van der Waals surface area contributed by atoms with Crippen molar-refractivity contribution >= 4 is 46.8 Å². The first-order valence-electron chi connectivity index (χ1n) is 9.24. The maximum absolute atomic E-state index is 12.8. The molecule has 2 heterocycles. The van der Waals surface area contributed by atoms with Crippen molar-refractivity contribution in [3.8, 4) is 5.75 Å². The van der Waals surface area contributed by atoms with Crippen LogP contribution in [-0.4, -0.2) is 43.1 Å². The second-order valence-electron chi connectivity index (χ2n) is 6.85. The number of hydrogen-bond donors (Lipinski definition) is 2. The van der Waals surface area contributed by atoms with E-state index in [9.17, 15) is 14.4 Å². The fourth-order valence-corrected chi connectivity index (χ4v) is 3.86. The summed E-state index contributed by atoms with van der Waals surface area (Å²) >= 11 is 12.0. The van der Waals surface area contributed by atoms with E-state index >= 15 is 0 Å². The Morgan fingerprint density at radius 2 is 1.97 bits per heavy atom. The van der Waals surface area contributed by atoms with Crippen LogP contribution in [0, 0.1) is 0 Å². The summed E-state index contributed by atoms with van der Waals surface area (Å²) in [5.74, 6) is -0.533. The van der Waals surface area contributed by atoms with Crippen molar-refractivity contribution < 1.29 is 23.9 Å². The second-order valence-corrected chi connectivity index (χ2v) is 7.70. The minimum atomic E-state index is -0.686. The summed E-state index contributed by atoms with van der Waals surface area (Å²) in [4.78, 5) is 38.9. The van der Waals surface area contributed by atoms with Gasteiger partial charge in [-0.3, -0.25) is 9.69 Å². The van der Waals surface area contributed by atoms with Gasteiger partial charge in [-0.1, -0.05) is 35.3 Å². The van der Waals surface area contributed by atoms with Gasteiger partial charge in [-0.15, -0.1) is 0 Å². The Morgan fingerprint density at radius 1 is 1.23 bits per heavy atom. The predicted octanol–water partition coefficient (Wildman–Crippen LogP) is 3.52. The first-order valence-corrected chi connectivity index (χ1v) is 10.00. The van der Waals surface area contributed by atoms with E-state index in [0.717, 1.165) is 0 Å². The highest BCUT2D eigenvalue weighted by atomic mass is 35.5. The summed E-state index contributed by atoms with van der Waals surface area (Å²) in [6.07, 6.45) is 0. The van der Waals surface area contributed by atoms with Gasteiger partial charge in [0.2, 0.25) is 5.91 Å².